The summed E-state index contributed by atoms with van der Waals surface area (Å²) in [6, 6.07) is 9.82. The van der Waals surface area contributed by atoms with Crippen LogP contribution in [0.4, 0.5) is 41.4 Å². The van der Waals surface area contributed by atoms with Crippen LogP contribution in [0.25, 0.3) is 10.3 Å². The van der Waals surface area contributed by atoms with Gasteiger partial charge in [-0.3, -0.25) is 0 Å². The van der Waals surface area contributed by atoms with E-state index in [1.807, 2.05) is 6.92 Å². The van der Waals surface area contributed by atoms with E-state index in [9.17, 15) is 13.2 Å². The van der Waals surface area contributed by atoms with Gasteiger partial charge in [-0.1, -0.05) is 47.5 Å². The van der Waals surface area contributed by atoms with E-state index in [0.29, 0.717) is 55.2 Å². The monoisotopic (exact) mass is 512 g/mol. The van der Waals surface area contributed by atoms with Gasteiger partial charge in [-0.25, -0.2) is 4.98 Å². The molecule has 0 amide bonds. The highest BCUT2D eigenvalue weighted by Crippen LogP contribution is 2.37. The molecule has 0 unspecified atom stereocenters. The Bertz CT molecular complexity index is 1260. The van der Waals surface area contributed by atoms with Crippen LogP contribution in [-0.4, -0.2) is 21.5 Å². The van der Waals surface area contributed by atoms with Crippen molar-refractivity contribution < 1.29 is 13.2 Å². The van der Waals surface area contributed by atoms with Crippen LogP contribution in [0.15, 0.2) is 42.5 Å². The molecule has 0 aliphatic heterocycles. The van der Waals surface area contributed by atoms with Gasteiger partial charge in [0.1, 0.15) is 5.52 Å². The molecule has 12 heteroatoms. The van der Waals surface area contributed by atoms with E-state index < -0.39 is 11.7 Å². The Kier molecular flexibility index (Phi) is 6.78. The zero-order chi connectivity index (χ0) is 23.6. The first-order valence-electron chi connectivity index (χ1n) is 9.82. The number of alkyl halides is 3. The number of aromatic nitrogens is 3. The summed E-state index contributed by atoms with van der Waals surface area (Å²) in [5.74, 6) is 0.734. The van der Waals surface area contributed by atoms with Crippen molar-refractivity contribution in [1.82, 2.24) is 15.0 Å². The predicted octanol–water partition coefficient (Wildman–Crippen LogP) is 7.72. The lowest BCUT2D eigenvalue weighted by Crippen LogP contribution is -2.07. The molecule has 0 aliphatic rings. The van der Waals surface area contributed by atoms with Crippen molar-refractivity contribution in [3.05, 3.63) is 58.1 Å². The summed E-state index contributed by atoms with van der Waals surface area (Å²) in [5, 5.41) is 10.6. The molecule has 0 atom stereocenters. The molecule has 4 rings (SSSR count). The predicted molar refractivity (Wildman–Crippen MR) is 128 cm³/mol. The molecule has 2 heterocycles. The van der Waals surface area contributed by atoms with Gasteiger partial charge in [0.2, 0.25) is 5.95 Å². The van der Waals surface area contributed by atoms with Gasteiger partial charge >= 0.3 is 6.18 Å². The molecule has 172 valence electrons. The molecule has 0 spiro atoms. The lowest BCUT2D eigenvalue weighted by Gasteiger charge is -2.10. The lowest BCUT2D eigenvalue weighted by atomic mass is 10.2. The Hall–Kier alpha value is -2.82. The molecule has 0 aliphatic carbocycles. The summed E-state index contributed by atoms with van der Waals surface area (Å²) in [4.78, 5) is 14.1. The van der Waals surface area contributed by atoms with Gasteiger partial charge in [0.15, 0.2) is 15.8 Å². The maximum Gasteiger partial charge on any atom is 0.416 e. The molecule has 0 bridgehead atoms. The van der Waals surface area contributed by atoms with Crippen LogP contribution in [0.5, 0.6) is 0 Å². The first-order chi connectivity index (χ1) is 15.7. The van der Waals surface area contributed by atoms with Gasteiger partial charge in [0, 0.05) is 12.2 Å². The molecule has 0 fully saturated rings. The summed E-state index contributed by atoms with van der Waals surface area (Å²) >= 11 is 13.8. The largest absolute Gasteiger partial charge is 0.416 e. The summed E-state index contributed by atoms with van der Waals surface area (Å²) in [6.07, 6.45) is -3.54. The van der Waals surface area contributed by atoms with Gasteiger partial charge in [0.25, 0.3) is 0 Å². The number of rotatable bonds is 7. The maximum absolute atomic E-state index is 12.9. The summed E-state index contributed by atoms with van der Waals surface area (Å²) in [7, 11) is 0. The minimum atomic E-state index is -4.41. The van der Waals surface area contributed by atoms with Crippen molar-refractivity contribution >= 4 is 73.2 Å². The van der Waals surface area contributed by atoms with Gasteiger partial charge in [-0.2, -0.15) is 23.1 Å². The van der Waals surface area contributed by atoms with Crippen molar-refractivity contribution in [2.45, 2.75) is 19.5 Å². The molecule has 0 saturated heterocycles. The molecule has 33 heavy (non-hydrogen) atoms. The minimum Gasteiger partial charge on any atom is -0.354 e. The Morgan fingerprint density at radius 2 is 1.64 bits per heavy atom. The second kappa shape index (κ2) is 9.58. The molecule has 0 saturated carbocycles. The van der Waals surface area contributed by atoms with E-state index >= 15 is 0 Å². The van der Waals surface area contributed by atoms with E-state index in [1.54, 1.807) is 18.2 Å². The van der Waals surface area contributed by atoms with Crippen molar-refractivity contribution in [3.8, 4) is 0 Å². The van der Waals surface area contributed by atoms with E-state index in [1.165, 1.54) is 23.5 Å². The number of para-hydroxylation sites is 1. The fourth-order valence-electron chi connectivity index (χ4n) is 2.88. The summed E-state index contributed by atoms with van der Waals surface area (Å²) in [5.41, 5.74) is 0.658. The third-order valence-electron chi connectivity index (χ3n) is 4.46. The smallest absolute Gasteiger partial charge is 0.354 e. The maximum atomic E-state index is 12.9. The number of hydrogen-bond donors (Lipinski definition) is 3. The van der Waals surface area contributed by atoms with Crippen LogP contribution in [0.1, 0.15) is 18.9 Å². The van der Waals surface area contributed by atoms with Gasteiger partial charge < -0.3 is 16.0 Å². The first kappa shape index (κ1) is 23.3. The third kappa shape index (κ3) is 5.40. The van der Waals surface area contributed by atoms with E-state index in [2.05, 4.69) is 30.9 Å². The van der Waals surface area contributed by atoms with Crippen molar-refractivity contribution in [2.24, 2.45) is 0 Å². The molecular formula is C21H17Cl2F3N6S. The Morgan fingerprint density at radius 1 is 0.939 bits per heavy atom. The molecule has 6 nitrogen and oxygen atoms in total. The molecule has 0 radical (unpaired) electrons. The van der Waals surface area contributed by atoms with Crippen LogP contribution in [0.2, 0.25) is 10.0 Å². The molecule has 2 aromatic carbocycles. The highest BCUT2D eigenvalue weighted by atomic mass is 35.5. The minimum absolute atomic E-state index is 0.355. The van der Waals surface area contributed by atoms with Crippen LogP contribution >= 0.6 is 34.5 Å². The molecular weight excluding hydrogens is 496 g/mol. The second-order valence-corrected chi connectivity index (χ2v) is 8.71. The van der Waals surface area contributed by atoms with Gasteiger partial charge in [-0.15, -0.1) is 0 Å². The quantitative estimate of drug-likeness (QED) is 0.235. The molecule has 2 aromatic heterocycles. The number of hydrogen-bond acceptors (Lipinski definition) is 7. The molecule has 4 aromatic rings. The van der Waals surface area contributed by atoms with Crippen LogP contribution in [-0.2, 0) is 6.18 Å². The number of anilines is 5. The standard InChI is InChI=1S/C21H17Cl2F3N6S/c1-2-10-27-19-31-17(28-12-8-6-11(7-9-12)21(24,25)26)16-18(32-19)33-20(30-16)29-15-13(22)4-3-5-14(15)23/h3-9H,2,10H2,1H3,(H,29,30)(H2,27,28,31,32). The van der Waals surface area contributed by atoms with Gasteiger partial charge in [0.05, 0.1) is 21.3 Å². The Balaban J connectivity index is 1.70. The molecule has 3 N–H and O–H groups in total. The highest BCUT2D eigenvalue weighted by molar-refractivity contribution is 7.22. The average molecular weight is 513 g/mol. The van der Waals surface area contributed by atoms with Gasteiger partial charge in [-0.05, 0) is 42.8 Å². The van der Waals surface area contributed by atoms with Crippen LogP contribution < -0.4 is 16.0 Å². The van der Waals surface area contributed by atoms with Crippen LogP contribution in [0.3, 0.4) is 0 Å². The summed E-state index contributed by atoms with van der Waals surface area (Å²) in [6.45, 7) is 2.67. The lowest BCUT2D eigenvalue weighted by molar-refractivity contribution is -0.137. The number of nitrogens with one attached hydrogen (secondary N) is 3. The number of fused-ring (bicyclic) bond motifs is 1. The van der Waals surface area contributed by atoms with E-state index in [4.69, 9.17) is 23.2 Å². The van der Waals surface area contributed by atoms with Crippen molar-refractivity contribution in [1.29, 1.82) is 0 Å². The first-order valence-corrected chi connectivity index (χ1v) is 11.4. The fourth-order valence-corrected chi connectivity index (χ4v) is 4.22. The number of nitrogens with zero attached hydrogens (tertiary/aromatic N) is 3. The normalized spacial score (nSPS) is 11.6. The second-order valence-electron chi connectivity index (χ2n) is 6.92. The SMILES string of the molecule is CCCNc1nc(Nc2ccc(C(F)(F)F)cc2)c2nc(Nc3c(Cl)cccc3Cl)sc2n1. The zero-order valence-corrected chi connectivity index (χ0v) is 19.4. The highest BCUT2D eigenvalue weighted by Gasteiger charge is 2.30. The van der Waals surface area contributed by atoms with E-state index in [-0.39, 0.29) is 0 Å². The Labute approximate surface area is 201 Å². The van der Waals surface area contributed by atoms with Crippen molar-refractivity contribution in [2.75, 3.05) is 22.5 Å². The average Bonchev–Trinajstić information content (AvgIpc) is 3.18. The van der Waals surface area contributed by atoms with Crippen LogP contribution in [0, 0.1) is 0 Å². The number of halogens is 5. The van der Waals surface area contributed by atoms with Crippen molar-refractivity contribution in [3.63, 3.8) is 0 Å². The topological polar surface area (TPSA) is 74.8 Å². The zero-order valence-electron chi connectivity index (χ0n) is 17.1. The fraction of sp³-hybridized carbons (Fsp3) is 0.190. The third-order valence-corrected chi connectivity index (χ3v) is 5.96. The Morgan fingerprint density at radius 3 is 2.27 bits per heavy atom. The number of benzene rings is 2. The van der Waals surface area contributed by atoms with E-state index in [0.717, 1.165) is 18.6 Å². The summed E-state index contributed by atoms with van der Waals surface area (Å²) < 4.78 is 38.6. The number of thiazole rings is 1.